The molecule has 380 valence electrons. The minimum atomic E-state index is -0.235. The van der Waals surface area contributed by atoms with E-state index in [0.717, 1.165) is 102 Å². The molecule has 4 aliphatic heterocycles. The number of para-hydroxylation sites is 2. The molecule has 10 aliphatic rings. The van der Waals surface area contributed by atoms with E-state index in [2.05, 4.69) is 151 Å². The van der Waals surface area contributed by atoms with E-state index in [0.29, 0.717) is 37.0 Å². The predicted octanol–water partition coefficient (Wildman–Crippen LogP) is 11.7. The molecule has 72 heavy (non-hydrogen) atoms. The average Bonchev–Trinajstić information content (AvgIpc) is 3.88. The second-order valence-corrected chi connectivity index (χ2v) is 24.2. The van der Waals surface area contributed by atoms with E-state index in [-0.39, 0.29) is 60.7 Å². The number of likely N-dealkylation sites (tertiary alicyclic amines) is 2. The molecule has 0 amide bonds. The summed E-state index contributed by atoms with van der Waals surface area (Å²) >= 11 is 0. The number of halogens is 4. The Kier molecular flexibility index (Phi) is 11.7. The van der Waals surface area contributed by atoms with Crippen LogP contribution in [-0.2, 0) is 12.8 Å². The maximum atomic E-state index is 13.7. The van der Waals surface area contributed by atoms with E-state index in [1.165, 1.54) is 55.4 Å². The SMILES string of the molecule is C[C@@H]1Cc2c([nH]c3ccccc23)[C@@H](c2ccc(NC3CN(CCCF)C3)cc2)N1C12CC(CF)(C1)C2.C[C@H]1Cc2c([nH]c3ccccc23)[C@H](c2ccc(NC3CN(CCCF)C3)cc2)N1C12CC(CF)(C1)C2. The number of hydrogen-bond acceptors (Lipinski definition) is 6. The van der Waals surface area contributed by atoms with Gasteiger partial charge in [-0.15, -0.1) is 0 Å². The van der Waals surface area contributed by atoms with E-state index in [4.69, 9.17) is 0 Å². The van der Waals surface area contributed by atoms with Gasteiger partial charge in [-0.2, -0.15) is 0 Å². The number of anilines is 2. The van der Waals surface area contributed by atoms with Crippen molar-refractivity contribution >= 4 is 33.2 Å². The zero-order chi connectivity index (χ0) is 49.0. The molecule has 2 aromatic heterocycles. The fourth-order valence-corrected chi connectivity index (χ4v) is 16.0. The minimum Gasteiger partial charge on any atom is -0.380 e. The van der Waals surface area contributed by atoms with Gasteiger partial charge in [-0.25, -0.2) is 0 Å². The summed E-state index contributed by atoms with van der Waals surface area (Å²) in [6.07, 6.45) is 9.27. The van der Waals surface area contributed by atoms with Crippen LogP contribution in [0.4, 0.5) is 28.9 Å². The number of benzene rings is 4. The summed E-state index contributed by atoms with van der Waals surface area (Å²) < 4.78 is 52.3. The fourth-order valence-electron chi connectivity index (χ4n) is 16.0. The molecule has 6 aliphatic carbocycles. The van der Waals surface area contributed by atoms with Gasteiger partial charge in [0.15, 0.2) is 0 Å². The summed E-state index contributed by atoms with van der Waals surface area (Å²) in [4.78, 5) is 17.7. The topological polar surface area (TPSA) is 68.6 Å². The molecule has 8 nitrogen and oxygen atoms in total. The lowest BCUT2D eigenvalue weighted by atomic mass is 9.38. The smallest absolute Gasteiger partial charge is 0.0952 e. The Hall–Kier alpha value is -4.88. The number of hydrogen-bond donors (Lipinski definition) is 4. The normalized spacial score (nSPS) is 32.0. The molecule has 4 aromatic carbocycles. The Morgan fingerprint density at radius 2 is 0.889 bits per heavy atom. The summed E-state index contributed by atoms with van der Waals surface area (Å²) in [5, 5.41) is 9.97. The van der Waals surface area contributed by atoms with Crippen LogP contribution in [0.15, 0.2) is 97.1 Å². The van der Waals surface area contributed by atoms with Crippen LogP contribution >= 0.6 is 0 Å². The molecule has 0 radical (unpaired) electrons. The molecule has 6 aromatic rings. The molecule has 4 N–H and O–H groups in total. The Morgan fingerprint density at radius 3 is 1.25 bits per heavy atom. The molecule has 6 saturated carbocycles. The summed E-state index contributed by atoms with van der Waals surface area (Å²) in [5.41, 5.74) is 13.0. The second-order valence-electron chi connectivity index (χ2n) is 24.2. The number of aromatic amines is 2. The fraction of sp³-hybridized carbons (Fsp3) is 0.533. The largest absolute Gasteiger partial charge is 0.380 e. The number of rotatable bonds is 16. The Bertz CT molecular complexity index is 2680. The number of aromatic nitrogens is 2. The van der Waals surface area contributed by atoms with Crippen LogP contribution in [0, 0.1) is 10.8 Å². The monoisotopic (exact) mass is 981 g/mol. The molecule has 16 rings (SSSR count). The van der Waals surface area contributed by atoms with Crippen molar-refractivity contribution in [2.75, 3.05) is 76.6 Å². The molecule has 0 spiro atoms. The zero-order valence-electron chi connectivity index (χ0n) is 42.1. The van der Waals surface area contributed by atoms with E-state index in [1.54, 1.807) is 0 Å². The first kappa shape index (κ1) is 46.9. The van der Waals surface area contributed by atoms with Crippen molar-refractivity contribution in [2.24, 2.45) is 10.8 Å². The number of alkyl halides is 4. The summed E-state index contributed by atoms with van der Waals surface area (Å²) in [5.74, 6) is 0. The van der Waals surface area contributed by atoms with Crippen LogP contribution < -0.4 is 10.6 Å². The van der Waals surface area contributed by atoms with Crippen LogP contribution in [-0.4, -0.2) is 131 Å². The summed E-state index contributed by atoms with van der Waals surface area (Å²) in [7, 11) is 0. The second kappa shape index (κ2) is 17.9. The maximum absolute atomic E-state index is 13.7. The molecule has 6 heterocycles. The molecule has 2 saturated heterocycles. The number of H-pyrrole nitrogens is 2. The number of nitrogens with zero attached hydrogens (tertiary/aromatic N) is 4. The standard InChI is InChI=1S/2C30H36F2N4/c2*1-20-13-25-24-5-2-3-6-26(24)34-27(25)28(36(20)30-16-29(17-30,18-30)19-32)21-7-9-22(10-8-21)33-23-14-35(15-23)12-4-11-31/h2*2-3,5-10,20,23,28,33-34H,4,11-19H2,1H3/t2*20-,28-,29?,30?/m10/s1. The van der Waals surface area contributed by atoms with Crippen LogP contribution in [0.5, 0.6) is 0 Å². The highest BCUT2D eigenvalue weighted by molar-refractivity contribution is 5.86. The Morgan fingerprint density at radius 1 is 0.514 bits per heavy atom. The number of fused-ring (bicyclic) bond motifs is 6. The van der Waals surface area contributed by atoms with Gasteiger partial charge in [0.25, 0.3) is 0 Å². The van der Waals surface area contributed by atoms with Crippen LogP contribution in [0.25, 0.3) is 21.8 Å². The average molecular weight is 981 g/mol. The molecule has 8 fully saturated rings. The molecule has 4 bridgehead atoms. The van der Waals surface area contributed by atoms with Gasteiger partial charge in [0.1, 0.15) is 0 Å². The first-order valence-corrected chi connectivity index (χ1v) is 27.2. The van der Waals surface area contributed by atoms with Gasteiger partial charge in [-0.05, 0) is 137 Å². The van der Waals surface area contributed by atoms with Gasteiger partial charge in [-0.1, -0.05) is 60.7 Å². The van der Waals surface area contributed by atoms with Crippen molar-refractivity contribution < 1.29 is 17.6 Å². The molecule has 0 unspecified atom stereocenters. The summed E-state index contributed by atoms with van der Waals surface area (Å²) in [6, 6.07) is 37.3. The molecule has 4 atom stereocenters. The first-order chi connectivity index (χ1) is 35.1. The van der Waals surface area contributed by atoms with Gasteiger partial charge < -0.3 is 20.6 Å². The predicted molar refractivity (Wildman–Crippen MR) is 282 cm³/mol. The van der Waals surface area contributed by atoms with Crippen LogP contribution in [0.3, 0.4) is 0 Å². The van der Waals surface area contributed by atoms with Crippen molar-refractivity contribution in [1.29, 1.82) is 0 Å². The first-order valence-electron chi connectivity index (χ1n) is 27.2. The Balaban J connectivity index is 0.000000140. The molecule has 12 heteroatoms. The van der Waals surface area contributed by atoms with E-state index < -0.39 is 0 Å². The lowest BCUT2D eigenvalue weighted by molar-refractivity contribution is -0.246. The van der Waals surface area contributed by atoms with Gasteiger partial charge in [0.2, 0.25) is 0 Å². The molecular formula is C60H72F4N8. The van der Waals surface area contributed by atoms with Crippen LogP contribution in [0.2, 0.25) is 0 Å². The number of nitrogens with one attached hydrogen (secondary N) is 4. The van der Waals surface area contributed by atoms with Gasteiger partial charge >= 0.3 is 0 Å². The highest BCUT2D eigenvalue weighted by atomic mass is 19.1. The van der Waals surface area contributed by atoms with Crippen molar-refractivity contribution in [1.82, 2.24) is 29.6 Å². The van der Waals surface area contributed by atoms with E-state index in [1.807, 2.05) is 0 Å². The van der Waals surface area contributed by atoms with Crippen molar-refractivity contribution in [3.8, 4) is 0 Å². The van der Waals surface area contributed by atoms with Crippen molar-refractivity contribution in [2.45, 2.75) is 125 Å². The third-order valence-corrected chi connectivity index (χ3v) is 19.0. The lowest BCUT2D eigenvalue weighted by Gasteiger charge is -2.75. The highest BCUT2D eigenvalue weighted by Crippen LogP contribution is 2.73. The summed E-state index contributed by atoms with van der Waals surface area (Å²) in [6.45, 7) is 9.52. The third kappa shape index (κ3) is 7.65. The quantitative estimate of drug-likeness (QED) is 0.0725. The lowest BCUT2D eigenvalue weighted by Crippen LogP contribution is -2.77. The van der Waals surface area contributed by atoms with Crippen LogP contribution in [0.1, 0.15) is 111 Å². The minimum absolute atomic E-state index is 0.0420. The Labute approximate surface area is 422 Å². The highest BCUT2D eigenvalue weighted by Gasteiger charge is 2.73. The van der Waals surface area contributed by atoms with E-state index in [9.17, 15) is 17.6 Å². The maximum Gasteiger partial charge on any atom is 0.0952 e. The molecular weight excluding hydrogens is 909 g/mol. The third-order valence-electron chi connectivity index (χ3n) is 19.0. The zero-order valence-corrected chi connectivity index (χ0v) is 42.1. The van der Waals surface area contributed by atoms with E-state index >= 15 is 0 Å². The van der Waals surface area contributed by atoms with Crippen molar-refractivity contribution in [3.05, 3.63) is 131 Å². The van der Waals surface area contributed by atoms with Crippen molar-refractivity contribution in [3.63, 3.8) is 0 Å². The van der Waals surface area contributed by atoms with Gasteiger partial charge in [0, 0.05) is 118 Å². The van der Waals surface area contributed by atoms with Gasteiger partial charge in [-0.3, -0.25) is 37.2 Å². The van der Waals surface area contributed by atoms with Gasteiger partial charge in [0.05, 0.1) is 50.9 Å².